The molecule has 2 aromatic rings. The minimum absolute atomic E-state index is 0.0726. The molecule has 7 atom stereocenters. The van der Waals surface area contributed by atoms with Crippen molar-refractivity contribution in [2.45, 2.75) is 77.4 Å². The van der Waals surface area contributed by atoms with Gasteiger partial charge in [-0.2, -0.15) is 0 Å². The lowest BCUT2D eigenvalue weighted by molar-refractivity contribution is -0.308. The molecule has 2 aromatic carbocycles. The number of amides is 1. The molecular weight excluding hydrogens is 457 g/mol. The van der Waals surface area contributed by atoms with E-state index < -0.39 is 6.10 Å². The highest BCUT2D eigenvalue weighted by Crippen LogP contribution is 2.62. The van der Waals surface area contributed by atoms with E-state index in [0.29, 0.717) is 25.5 Å². The first-order chi connectivity index (χ1) is 17.3. The highest BCUT2D eigenvalue weighted by Gasteiger charge is 2.61. The standard InChI is InChI=1S/C30H38FNO4/c1-29-15-14-26-30(2,19-35-28(36-26)16-20-6-4-3-5-7-20)25(29)13-12-24(33)23(29)17-27(34)32-18-21-8-10-22(31)11-9-21/h3-11,23-26,28,33H,12-19H2,1-2H3,(H,32,34). The van der Waals surface area contributed by atoms with Crippen LogP contribution < -0.4 is 5.32 Å². The summed E-state index contributed by atoms with van der Waals surface area (Å²) in [6, 6.07) is 16.5. The molecular formula is C30H38FNO4. The minimum Gasteiger partial charge on any atom is -0.393 e. The van der Waals surface area contributed by atoms with Crippen LogP contribution >= 0.6 is 0 Å². The monoisotopic (exact) mass is 495 g/mol. The van der Waals surface area contributed by atoms with Crippen molar-refractivity contribution in [3.05, 3.63) is 71.5 Å². The van der Waals surface area contributed by atoms with Crippen molar-refractivity contribution >= 4 is 5.91 Å². The summed E-state index contributed by atoms with van der Waals surface area (Å²) >= 11 is 0. The zero-order chi connectivity index (χ0) is 25.3. The van der Waals surface area contributed by atoms with Crippen molar-refractivity contribution in [3.63, 3.8) is 0 Å². The lowest BCUT2D eigenvalue weighted by Gasteiger charge is -2.63. The molecule has 1 heterocycles. The maximum atomic E-state index is 13.2. The Kier molecular flexibility index (Phi) is 7.21. The molecule has 5 rings (SSSR count). The fourth-order valence-electron chi connectivity index (χ4n) is 7.27. The maximum absolute atomic E-state index is 13.2. The zero-order valence-corrected chi connectivity index (χ0v) is 21.3. The third-order valence-corrected chi connectivity index (χ3v) is 9.29. The Labute approximate surface area is 213 Å². The summed E-state index contributed by atoms with van der Waals surface area (Å²) in [5.41, 5.74) is 1.74. The van der Waals surface area contributed by atoms with Crippen molar-refractivity contribution in [2.75, 3.05) is 6.61 Å². The van der Waals surface area contributed by atoms with E-state index in [1.54, 1.807) is 12.1 Å². The Morgan fingerprint density at radius 3 is 2.53 bits per heavy atom. The number of ether oxygens (including phenoxy) is 2. The van der Waals surface area contributed by atoms with Crippen LogP contribution in [0.3, 0.4) is 0 Å². The molecule has 2 saturated carbocycles. The van der Waals surface area contributed by atoms with Gasteiger partial charge in [0.15, 0.2) is 6.29 Å². The normalized spacial score (nSPS) is 35.9. The average molecular weight is 496 g/mol. The van der Waals surface area contributed by atoms with Gasteiger partial charge in [0, 0.05) is 24.8 Å². The van der Waals surface area contributed by atoms with Gasteiger partial charge in [0.05, 0.1) is 18.8 Å². The van der Waals surface area contributed by atoms with Gasteiger partial charge < -0.3 is 19.9 Å². The van der Waals surface area contributed by atoms with Crippen molar-refractivity contribution in [3.8, 4) is 0 Å². The number of fused-ring (bicyclic) bond motifs is 3. The smallest absolute Gasteiger partial charge is 0.220 e. The Morgan fingerprint density at radius 1 is 1.03 bits per heavy atom. The van der Waals surface area contributed by atoms with Crippen molar-refractivity contribution < 1.29 is 23.8 Å². The molecule has 0 bridgehead atoms. The van der Waals surface area contributed by atoms with Crippen LogP contribution in [-0.4, -0.2) is 36.1 Å². The van der Waals surface area contributed by atoms with Crippen LogP contribution in [0.5, 0.6) is 0 Å². The molecule has 0 spiro atoms. The minimum atomic E-state index is -0.501. The van der Waals surface area contributed by atoms with Crippen LogP contribution in [0.4, 0.5) is 4.39 Å². The summed E-state index contributed by atoms with van der Waals surface area (Å²) in [6.07, 6.45) is 3.82. The average Bonchev–Trinajstić information content (AvgIpc) is 2.87. The maximum Gasteiger partial charge on any atom is 0.220 e. The zero-order valence-electron chi connectivity index (χ0n) is 21.3. The second-order valence-corrected chi connectivity index (χ2v) is 11.5. The van der Waals surface area contributed by atoms with E-state index in [9.17, 15) is 14.3 Å². The predicted octanol–water partition coefficient (Wildman–Crippen LogP) is 5.01. The molecule has 7 unspecified atom stereocenters. The molecule has 1 amide bonds. The highest BCUT2D eigenvalue weighted by atomic mass is 19.1. The van der Waals surface area contributed by atoms with Gasteiger partial charge in [-0.1, -0.05) is 56.3 Å². The van der Waals surface area contributed by atoms with Gasteiger partial charge in [0.1, 0.15) is 5.82 Å². The number of benzene rings is 2. The Morgan fingerprint density at radius 2 is 1.78 bits per heavy atom. The Hall–Kier alpha value is -2.28. The number of halogens is 1. The van der Waals surface area contributed by atoms with Crippen LogP contribution in [0.25, 0.3) is 0 Å². The summed E-state index contributed by atoms with van der Waals surface area (Å²) in [5, 5.41) is 14.0. The van der Waals surface area contributed by atoms with E-state index in [4.69, 9.17) is 9.47 Å². The van der Waals surface area contributed by atoms with Crippen LogP contribution in [0.2, 0.25) is 0 Å². The highest BCUT2D eigenvalue weighted by molar-refractivity contribution is 5.76. The van der Waals surface area contributed by atoms with E-state index in [0.717, 1.165) is 31.2 Å². The van der Waals surface area contributed by atoms with Gasteiger partial charge in [-0.3, -0.25) is 4.79 Å². The molecule has 0 aromatic heterocycles. The molecule has 3 aliphatic rings. The molecule has 2 N–H and O–H groups in total. The first kappa shape index (κ1) is 25.4. The SMILES string of the molecule is CC12COC(Cc3ccccc3)OC1CCC1(C)C(CC(=O)NCc3ccc(F)cc3)C(O)CCC21. The quantitative estimate of drug-likeness (QED) is 0.591. The van der Waals surface area contributed by atoms with E-state index in [2.05, 4.69) is 31.3 Å². The van der Waals surface area contributed by atoms with Crippen molar-refractivity contribution in [1.29, 1.82) is 0 Å². The summed E-state index contributed by atoms with van der Waals surface area (Å²) in [6.45, 7) is 5.53. The molecule has 3 fully saturated rings. The van der Waals surface area contributed by atoms with Gasteiger partial charge in [-0.15, -0.1) is 0 Å². The van der Waals surface area contributed by atoms with E-state index in [1.165, 1.54) is 17.7 Å². The summed E-state index contributed by atoms with van der Waals surface area (Å²) in [4.78, 5) is 12.9. The lowest BCUT2D eigenvalue weighted by atomic mass is 9.46. The van der Waals surface area contributed by atoms with Crippen LogP contribution in [0.1, 0.15) is 57.1 Å². The number of rotatable bonds is 6. The second kappa shape index (κ2) is 10.2. The number of carbonyl (C=O) groups excluding carboxylic acids is 1. The number of aliphatic hydroxyl groups is 1. The Balaban J connectivity index is 1.25. The lowest BCUT2D eigenvalue weighted by Crippen LogP contribution is -2.63. The number of carbonyl (C=O) groups is 1. The van der Waals surface area contributed by atoms with Gasteiger partial charge in [-0.25, -0.2) is 4.39 Å². The number of hydrogen-bond acceptors (Lipinski definition) is 4. The summed E-state index contributed by atoms with van der Waals surface area (Å²) in [5.74, 6) is -0.180. The van der Waals surface area contributed by atoms with Gasteiger partial charge >= 0.3 is 0 Å². The summed E-state index contributed by atoms with van der Waals surface area (Å²) in [7, 11) is 0. The van der Waals surface area contributed by atoms with Crippen LogP contribution in [0.15, 0.2) is 54.6 Å². The first-order valence-electron chi connectivity index (χ1n) is 13.3. The van der Waals surface area contributed by atoms with E-state index in [1.807, 2.05) is 18.2 Å². The Bertz CT molecular complexity index is 1050. The molecule has 2 aliphatic carbocycles. The van der Waals surface area contributed by atoms with Crippen LogP contribution in [-0.2, 0) is 27.2 Å². The van der Waals surface area contributed by atoms with Gasteiger partial charge in [0.25, 0.3) is 0 Å². The summed E-state index contributed by atoms with van der Waals surface area (Å²) < 4.78 is 26.0. The van der Waals surface area contributed by atoms with E-state index in [-0.39, 0.29) is 47.3 Å². The molecule has 1 saturated heterocycles. The molecule has 6 heteroatoms. The molecule has 5 nitrogen and oxygen atoms in total. The number of aliphatic hydroxyl groups excluding tert-OH is 1. The number of nitrogens with one attached hydrogen (secondary N) is 1. The molecule has 194 valence electrons. The fraction of sp³-hybridized carbons (Fsp3) is 0.567. The van der Waals surface area contributed by atoms with Gasteiger partial charge in [0.2, 0.25) is 5.91 Å². The van der Waals surface area contributed by atoms with Crippen LogP contribution in [0, 0.1) is 28.5 Å². The third kappa shape index (κ3) is 4.96. The first-order valence-corrected chi connectivity index (χ1v) is 13.3. The fourth-order valence-corrected chi connectivity index (χ4v) is 7.27. The molecule has 36 heavy (non-hydrogen) atoms. The number of hydrogen-bond donors (Lipinski definition) is 2. The third-order valence-electron chi connectivity index (χ3n) is 9.29. The van der Waals surface area contributed by atoms with E-state index >= 15 is 0 Å². The van der Waals surface area contributed by atoms with Gasteiger partial charge in [-0.05, 0) is 66.2 Å². The largest absolute Gasteiger partial charge is 0.393 e. The molecule has 1 aliphatic heterocycles. The van der Waals surface area contributed by atoms with Crippen molar-refractivity contribution in [1.82, 2.24) is 5.32 Å². The topological polar surface area (TPSA) is 67.8 Å². The second-order valence-electron chi connectivity index (χ2n) is 11.5. The molecule has 0 radical (unpaired) electrons. The predicted molar refractivity (Wildman–Crippen MR) is 135 cm³/mol. The van der Waals surface area contributed by atoms with Crippen molar-refractivity contribution in [2.24, 2.45) is 22.7 Å².